The number of rotatable bonds is 6. The molecule has 8 nitrogen and oxygen atoms in total. The van der Waals surface area contributed by atoms with Gasteiger partial charge in [-0.25, -0.2) is 8.42 Å². The molecule has 0 amide bonds. The summed E-state index contributed by atoms with van der Waals surface area (Å²) in [7, 11) is -4.02. The monoisotopic (exact) mass is 496 g/mol. The van der Waals surface area contributed by atoms with Crippen molar-refractivity contribution in [2.45, 2.75) is 49.2 Å². The average molecular weight is 497 g/mol. The summed E-state index contributed by atoms with van der Waals surface area (Å²) < 4.78 is 40.2. The molecule has 3 unspecified atom stereocenters. The minimum atomic E-state index is -4.02. The van der Waals surface area contributed by atoms with Crippen molar-refractivity contribution in [1.82, 2.24) is 4.31 Å². The number of benzene rings is 2. The maximum absolute atomic E-state index is 14.0. The normalized spacial score (nSPS) is 26.4. The molecule has 35 heavy (non-hydrogen) atoms. The Hall–Kier alpha value is -3.17. The van der Waals surface area contributed by atoms with E-state index in [-0.39, 0.29) is 31.0 Å². The predicted molar refractivity (Wildman–Crippen MR) is 129 cm³/mol. The highest BCUT2D eigenvalue weighted by atomic mass is 32.2. The van der Waals surface area contributed by atoms with Crippen molar-refractivity contribution in [3.05, 3.63) is 72.3 Å². The number of sulfonamides is 1. The third-order valence-corrected chi connectivity index (χ3v) is 9.37. The molecule has 1 saturated carbocycles. The summed E-state index contributed by atoms with van der Waals surface area (Å²) >= 11 is 0. The zero-order chi connectivity index (χ0) is 25.0. The van der Waals surface area contributed by atoms with Crippen LogP contribution in [-0.4, -0.2) is 50.1 Å². The molecular formula is C26H28N2O6S. The van der Waals surface area contributed by atoms with Crippen LogP contribution in [0.5, 0.6) is 0 Å². The fourth-order valence-corrected chi connectivity index (χ4v) is 7.82. The highest BCUT2D eigenvalue weighted by Crippen LogP contribution is 2.64. The van der Waals surface area contributed by atoms with E-state index in [2.05, 4.69) is 11.9 Å². The summed E-state index contributed by atoms with van der Waals surface area (Å²) in [4.78, 5) is 27.0. The van der Waals surface area contributed by atoms with Gasteiger partial charge in [0.15, 0.2) is 5.41 Å². The third-order valence-electron chi connectivity index (χ3n) is 7.48. The number of carbonyl (C=O) groups is 2. The summed E-state index contributed by atoms with van der Waals surface area (Å²) in [6, 6.07) is 14.8. The van der Waals surface area contributed by atoms with Crippen LogP contribution in [0.1, 0.15) is 32.3 Å². The molecule has 0 radical (unpaired) electrons. The molecule has 5 rings (SSSR count). The Bertz CT molecular complexity index is 1290. The number of para-hydroxylation sites is 1. The van der Waals surface area contributed by atoms with Crippen LogP contribution in [0.4, 0.5) is 5.69 Å². The molecule has 2 heterocycles. The maximum atomic E-state index is 14.0. The topological polar surface area (TPSA) is 102 Å². The summed E-state index contributed by atoms with van der Waals surface area (Å²) in [5.41, 5.74) is -0.474. The molecule has 1 spiro atoms. The lowest BCUT2D eigenvalue weighted by Gasteiger charge is -2.43. The molecule has 1 saturated heterocycles. The van der Waals surface area contributed by atoms with Crippen molar-refractivity contribution >= 4 is 27.6 Å². The minimum absolute atomic E-state index is 0.00247. The van der Waals surface area contributed by atoms with Gasteiger partial charge in [-0.3, -0.25) is 9.59 Å². The molecule has 2 aliphatic heterocycles. The van der Waals surface area contributed by atoms with E-state index < -0.39 is 45.0 Å². The van der Waals surface area contributed by atoms with Crippen LogP contribution in [0.15, 0.2) is 71.6 Å². The zero-order valence-electron chi connectivity index (χ0n) is 19.7. The second kappa shape index (κ2) is 8.20. The lowest BCUT2D eigenvalue weighted by Crippen LogP contribution is -2.53. The van der Waals surface area contributed by atoms with Gasteiger partial charge >= 0.3 is 11.9 Å². The second-order valence-corrected chi connectivity index (χ2v) is 11.0. The SMILES string of the molecule is C=C1C2CC(C(=O)OCC)(C(=O)OCC)CC13c1ccccc1NC3N2S(=O)(=O)c1ccccc1. The Morgan fingerprint density at radius 2 is 1.63 bits per heavy atom. The molecule has 0 aromatic heterocycles. The lowest BCUT2D eigenvalue weighted by atomic mass is 9.58. The van der Waals surface area contributed by atoms with Crippen LogP contribution in [0.25, 0.3) is 0 Å². The Morgan fingerprint density at radius 3 is 2.26 bits per heavy atom. The van der Waals surface area contributed by atoms with Gasteiger partial charge in [-0.05, 0) is 56.0 Å². The molecule has 3 atom stereocenters. The van der Waals surface area contributed by atoms with Crippen molar-refractivity contribution in [2.24, 2.45) is 5.41 Å². The van der Waals surface area contributed by atoms with Gasteiger partial charge in [0.1, 0.15) is 6.17 Å². The fraction of sp³-hybridized carbons (Fsp3) is 0.385. The number of fused-ring (bicyclic) bond motifs is 2. The summed E-state index contributed by atoms with van der Waals surface area (Å²) in [6.45, 7) is 7.87. The van der Waals surface area contributed by atoms with E-state index in [9.17, 15) is 18.0 Å². The van der Waals surface area contributed by atoms with E-state index in [1.54, 1.807) is 44.2 Å². The maximum Gasteiger partial charge on any atom is 0.323 e. The Kier molecular flexibility index (Phi) is 5.52. The Morgan fingerprint density at radius 1 is 1.03 bits per heavy atom. The van der Waals surface area contributed by atoms with Crippen LogP contribution in [0.3, 0.4) is 0 Å². The summed E-state index contributed by atoms with van der Waals surface area (Å²) in [6.07, 6.45) is -0.853. The van der Waals surface area contributed by atoms with Crippen LogP contribution >= 0.6 is 0 Å². The van der Waals surface area contributed by atoms with E-state index in [0.717, 1.165) is 11.3 Å². The van der Waals surface area contributed by atoms with Gasteiger partial charge in [0.2, 0.25) is 10.0 Å². The van der Waals surface area contributed by atoms with Crippen LogP contribution in [0.2, 0.25) is 0 Å². The number of ether oxygens (including phenoxy) is 2. The predicted octanol–water partition coefficient (Wildman–Crippen LogP) is 3.21. The second-order valence-electron chi connectivity index (χ2n) is 9.16. The smallest absolute Gasteiger partial charge is 0.323 e. The van der Waals surface area contributed by atoms with Crippen LogP contribution in [0, 0.1) is 5.41 Å². The van der Waals surface area contributed by atoms with E-state index in [1.807, 2.05) is 24.3 Å². The number of nitrogens with zero attached hydrogens (tertiary/aromatic N) is 1. The van der Waals surface area contributed by atoms with Gasteiger partial charge in [-0.2, -0.15) is 4.31 Å². The molecule has 1 N–H and O–H groups in total. The van der Waals surface area contributed by atoms with Crippen molar-refractivity contribution in [3.8, 4) is 0 Å². The molecule has 1 aliphatic carbocycles. The molecule has 184 valence electrons. The van der Waals surface area contributed by atoms with Gasteiger partial charge in [0.05, 0.1) is 29.6 Å². The van der Waals surface area contributed by atoms with Gasteiger partial charge in [0, 0.05) is 5.69 Å². The number of anilines is 1. The Balaban J connectivity index is 1.75. The molecule has 2 aromatic rings. The highest BCUT2D eigenvalue weighted by Gasteiger charge is 2.72. The number of hydrogen-bond donors (Lipinski definition) is 1. The number of esters is 2. The van der Waals surface area contributed by atoms with E-state index in [4.69, 9.17) is 9.47 Å². The van der Waals surface area contributed by atoms with E-state index in [1.165, 1.54) is 4.31 Å². The summed E-state index contributed by atoms with van der Waals surface area (Å²) in [5.74, 6) is -1.39. The molecule has 2 bridgehead atoms. The third kappa shape index (κ3) is 3.11. The largest absolute Gasteiger partial charge is 0.465 e. The number of nitrogens with one attached hydrogen (secondary N) is 1. The highest BCUT2D eigenvalue weighted by molar-refractivity contribution is 7.89. The lowest BCUT2D eigenvalue weighted by molar-refractivity contribution is -0.175. The standard InChI is InChI=1S/C26H28N2O6S/c1-4-33-23(29)25(24(30)34-5-2)15-21-17(3)26(16-25)19-13-9-10-14-20(19)27-22(26)28(21)35(31,32)18-11-7-6-8-12-18/h6-14,21-22,27H,3-5,15-16H2,1-2H3. The molecule has 9 heteroatoms. The van der Waals surface area contributed by atoms with Crippen molar-refractivity contribution in [2.75, 3.05) is 18.5 Å². The average Bonchev–Trinajstić information content (AvgIpc) is 3.21. The first-order valence-corrected chi connectivity index (χ1v) is 13.2. The van der Waals surface area contributed by atoms with Crippen molar-refractivity contribution in [3.63, 3.8) is 0 Å². The summed E-state index contributed by atoms with van der Waals surface area (Å²) in [5, 5.41) is 3.38. The number of hydrogen-bond acceptors (Lipinski definition) is 7. The van der Waals surface area contributed by atoms with Gasteiger partial charge in [0.25, 0.3) is 0 Å². The van der Waals surface area contributed by atoms with Gasteiger partial charge < -0.3 is 14.8 Å². The van der Waals surface area contributed by atoms with Crippen molar-refractivity contribution in [1.29, 1.82) is 0 Å². The Labute approximate surface area is 205 Å². The first kappa shape index (κ1) is 23.6. The van der Waals surface area contributed by atoms with Crippen molar-refractivity contribution < 1.29 is 27.5 Å². The minimum Gasteiger partial charge on any atom is -0.465 e. The van der Waals surface area contributed by atoms with E-state index in [0.29, 0.717) is 5.57 Å². The molecule has 3 aliphatic rings. The first-order chi connectivity index (χ1) is 16.7. The molecule has 2 fully saturated rings. The number of carbonyl (C=O) groups excluding carboxylic acids is 2. The van der Waals surface area contributed by atoms with Crippen LogP contribution in [-0.2, 0) is 34.5 Å². The first-order valence-electron chi connectivity index (χ1n) is 11.7. The molecule has 2 aromatic carbocycles. The van der Waals surface area contributed by atoms with Gasteiger partial charge in [-0.15, -0.1) is 0 Å². The fourth-order valence-electron chi connectivity index (χ4n) is 6.03. The van der Waals surface area contributed by atoms with E-state index >= 15 is 0 Å². The van der Waals surface area contributed by atoms with Crippen LogP contribution < -0.4 is 5.32 Å². The zero-order valence-corrected chi connectivity index (χ0v) is 20.5. The molecular weight excluding hydrogens is 468 g/mol. The quantitative estimate of drug-likeness (QED) is 0.372. The van der Waals surface area contributed by atoms with Gasteiger partial charge in [-0.1, -0.05) is 43.0 Å².